The van der Waals surface area contributed by atoms with Gasteiger partial charge in [0.25, 0.3) is 0 Å². The van der Waals surface area contributed by atoms with Crippen LogP contribution in [0.5, 0.6) is 0 Å². The van der Waals surface area contributed by atoms with Crippen LogP contribution in [0, 0.1) is 11.6 Å². The standard InChI is InChI=1S/C20H20OP.C11H10F2O.ClH/c1-21-17-22(18-11-5-2-6-12-18,19-13-7-3-8-14-19)20-15-9-4-10-16-20;12-9-5-8(6-10(13)7-9)11(1-2-11)3-4-14;/h2-16H,17H2,1H3;4-7H,1-3H2;1H/q+1;;/p-1. The molecule has 0 heterocycles. The van der Waals surface area contributed by atoms with Crippen molar-refractivity contribution in [2.45, 2.75) is 24.7 Å². The molecule has 6 heteroatoms. The van der Waals surface area contributed by atoms with Crippen molar-refractivity contribution in [1.82, 2.24) is 0 Å². The van der Waals surface area contributed by atoms with Crippen LogP contribution in [-0.2, 0) is 14.9 Å². The summed E-state index contributed by atoms with van der Waals surface area (Å²) in [6.07, 6.45) is 3.57. The second-order valence-corrected chi connectivity index (χ2v) is 12.5. The smallest absolute Gasteiger partial charge is 0.170 e. The summed E-state index contributed by atoms with van der Waals surface area (Å²) in [4.78, 5) is 10.4. The molecule has 4 aromatic carbocycles. The lowest BCUT2D eigenvalue weighted by Crippen LogP contribution is -3.00. The van der Waals surface area contributed by atoms with E-state index in [0.717, 1.165) is 25.2 Å². The van der Waals surface area contributed by atoms with Crippen molar-refractivity contribution >= 4 is 29.5 Å². The van der Waals surface area contributed by atoms with Crippen LogP contribution in [0.25, 0.3) is 0 Å². The van der Waals surface area contributed by atoms with E-state index < -0.39 is 18.9 Å². The Morgan fingerprint density at radius 2 is 1.16 bits per heavy atom. The Kier molecular flexibility index (Phi) is 10.1. The highest BCUT2D eigenvalue weighted by Gasteiger charge is 2.45. The van der Waals surface area contributed by atoms with Gasteiger partial charge in [0.05, 0.1) is 0 Å². The highest BCUT2D eigenvalue weighted by molar-refractivity contribution is 7.95. The summed E-state index contributed by atoms with van der Waals surface area (Å²) in [6.45, 7) is 0. The molecule has 0 aliphatic heterocycles. The molecule has 0 atom stereocenters. The van der Waals surface area contributed by atoms with Crippen LogP contribution >= 0.6 is 7.26 Å². The first-order chi connectivity index (χ1) is 17.5. The van der Waals surface area contributed by atoms with E-state index in [1.807, 2.05) is 0 Å². The maximum atomic E-state index is 12.9. The van der Waals surface area contributed by atoms with Gasteiger partial charge in [0.15, 0.2) is 6.35 Å². The molecule has 4 aromatic rings. The van der Waals surface area contributed by atoms with E-state index in [1.54, 1.807) is 7.11 Å². The highest BCUT2D eigenvalue weighted by atomic mass is 35.5. The number of ether oxygens (including phenoxy) is 1. The quantitative estimate of drug-likeness (QED) is 0.254. The number of hydrogen-bond donors (Lipinski definition) is 0. The molecule has 0 aromatic heterocycles. The van der Waals surface area contributed by atoms with Crippen molar-refractivity contribution < 1.29 is 30.7 Å². The zero-order chi connectivity index (χ0) is 25.4. The fraction of sp³-hybridized carbons (Fsp3) is 0.194. The topological polar surface area (TPSA) is 26.3 Å². The van der Waals surface area contributed by atoms with Crippen molar-refractivity contribution in [3.05, 3.63) is 126 Å². The molecule has 37 heavy (non-hydrogen) atoms. The van der Waals surface area contributed by atoms with Crippen LogP contribution < -0.4 is 28.3 Å². The molecule has 1 aliphatic carbocycles. The van der Waals surface area contributed by atoms with Gasteiger partial charge in [-0.15, -0.1) is 0 Å². The number of benzene rings is 4. The molecular formula is C31H30ClF2O2P. The fourth-order valence-corrected chi connectivity index (χ4v) is 8.47. The van der Waals surface area contributed by atoms with Gasteiger partial charge in [0.1, 0.15) is 41.1 Å². The minimum Gasteiger partial charge on any atom is -1.00 e. The molecule has 0 unspecified atom stereocenters. The molecule has 0 spiro atoms. The summed E-state index contributed by atoms with van der Waals surface area (Å²) in [7, 11) is 0.0197. The molecule has 192 valence electrons. The molecular weight excluding hydrogens is 509 g/mol. The Hall–Kier alpha value is -2.91. The van der Waals surface area contributed by atoms with E-state index in [-0.39, 0.29) is 17.8 Å². The van der Waals surface area contributed by atoms with Gasteiger partial charge in [-0.25, -0.2) is 8.78 Å². The molecule has 0 amide bonds. The predicted molar refractivity (Wildman–Crippen MR) is 145 cm³/mol. The molecule has 5 rings (SSSR count). The Labute approximate surface area is 224 Å². The van der Waals surface area contributed by atoms with Crippen molar-refractivity contribution in [1.29, 1.82) is 0 Å². The van der Waals surface area contributed by atoms with Crippen molar-refractivity contribution in [2.75, 3.05) is 13.5 Å². The predicted octanol–water partition coefficient (Wildman–Crippen LogP) is 3.17. The Morgan fingerprint density at radius 1 is 0.757 bits per heavy atom. The summed E-state index contributed by atoms with van der Waals surface area (Å²) in [6, 6.07) is 35.8. The number of aldehydes is 1. The molecule has 1 saturated carbocycles. The Morgan fingerprint density at radius 3 is 1.49 bits per heavy atom. The van der Waals surface area contributed by atoms with Crippen molar-refractivity contribution in [3.8, 4) is 0 Å². The third-order valence-electron chi connectivity index (χ3n) is 6.72. The third-order valence-corrected chi connectivity index (χ3v) is 10.9. The van der Waals surface area contributed by atoms with E-state index >= 15 is 0 Å². The van der Waals surface area contributed by atoms with Gasteiger partial charge in [-0.1, -0.05) is 54.6 Å². The highest BCUT2D eigenvalue weighted by Crippen LogP contribution is 2.55. The summed E-state index contributed by atoms with van der Waals surface area (Å²) in [5.74, 6) is -1.14. The minimum absolute atomic E-state index is 0. The molecule has 0 saturated heterocycles. The first-order valence-electron chi connectivity index (χ1n) is 12.0. The average Bonchev–Trinajstić information content (AvgIpc) is 3.70. The Balaban J connectivity index is 0.000000220. The van der Waals surface area contributed by atoms with E-state index in [9.17, 15) is 13.6 Å². The number of halogens is 3. The zero-order valence-electron chi connectivity index (χ0n) is 20.7. The van der Waals surface area contributed by atoms with Gasteiger partial charge in [0.2, 0.25) is 0 Å². The first-order valence-corrected chi connectivity index (χ1v) is 14.0. The van der Waals surface area contributed by atoms with Gasteiger partial charge in [-0.3, -0.25) is 0 Å². The molecule has 0 bridgehead atoms. The summed E-state index contributed by atoms with van der Waals surface area (Å²) < 4.78 is 31.5. The average molecular weight is 539 g/mol. The van der Waals surface area contributed by atoms with Crippen LogP contribution in [0.4, 0.5) is 8.78 Å². The van der Waals surface area contributed by atoms with Crippen LogP contribution in [0.2, 0.25) is 0 Å². The molecule has 1 fully saturated rings. The largest absolute Gasteiger partial charge is 1.00 e. The number of hydrogen-bond acceptors (Lipinski definition) is 2. The maximum Gasteiger partial charge on any atom is 0.170 e. The maximum absolute atomic E-state index is 12.9. The minimum atomic E-state index is -1.78. The van der Waals surface area contributed by atoms with E-state index in [2.05, 4.69) is 91.0 Å². The zero-order valence-corrected chi connectivity index (χ0v) is 22.3. The second-order valence-electron chi connectivity index (χ2n) is 9.04. The van der Waals surface area contributed by atoms with Gasteiger partial charge in [-0.2, -0.15) is 0 Å². The number of rotatable bonds is 8. The monoisotopic (exact) mass is 538 g/mol. The summed E-state index contributed by atoms with van der Waals surface area (Å²) >= 11 is 0. The SMILES string of the molecule is COC[P+](c1ccccc1)(c1ccccc1)c1ccccc1.O=CCC1(c2cc(F)cc(F)c2)CC1.[Cl-]. The lowest BCUT2D eigenvalue weighted by Gasteiger charge is -2.26. The molecule has 0 radical (unpaired) electrons. The van der Waals surface area contributed by atoms with E-state index in [0.29, 0.717) is 18.3 Å². The van der Waals surface area contributed by atoms with Gasteiger partial charge in [0, 0.05) is 25.0 Å². The number of methoxy groups -OCH3 is 1. The van der Waals surface area contributed by atoms with Crippen molar-refractivity contribution in [2.24, 2.45) is 0 Å². The number of carbonyl (C=O) groups excluding carboxylic acids is 1. The van der Waals surface area contributed by atoms with E-state index in [4.69, 9.17) is 4.74 Å². The Bertz CT molecular complexity index is 1150. The van der Waals surface area contributed by atoms with Gasteiger partial charge in [-0.05, 0) is 66.9 Å². The van der Waals surface area contributed by atoms with Gasteiger partial charge >= 0.3 is 0 Å². The molecule has 2 nitrogen and oxygen atoms in total. The molecule has 0 N–H and O–H groups in total. The first kappa shape index (κ1) is 28.7. The van der Waals surface area contributed by atoms with Crippen LogP contribution in [0.15, 0.2) is 109 Å². The lowest BCUT2D eigenvalue weighted by molar-refractivity contribution is -0.108. The fourth-order valence-electron chi connectivity index (χ4n) is 4.69. The van der Waals surface area contributed by atoms with Crippen LogP contribution in [-0.4, -0.2) is 19.7 Å². The normalized spacial score (nSPS) is 13.5. The summed E-state index contributed by atoms with van der Waals surface area (Å²) in [5, 5.41) is 4.07. The van der Waals surface area contributed by atoms with E-state index in [1.165, 1.54) is 28.0 Å². The molecule has 1 aliphatic rings. The lowest BCUT2D eigenvalue weighted by atomic mass is 9.93. The van der Waals surface area contributed by atoms with Crippen LogP contribution in [0.3, 0.4) is 0 Å². The summed E-state index contributed by atoms with van der Waals surface area (Å²) in [5.41, 5.74) is 0.340. The van der Waals surface area contributed by atoms with Crippen LogP contribution in [0.1, 0.15) is 24.8 Å². The van der Waals surface area contributed by atoms with Crippen molar-refractivity contribution in [3.63, 3.8) is 0 Å². The van der Waals surface area contributed by atoms with Gasteiger partial charge < -0.3 is 21.9 Å². The number of carbonyl (C=O) groups is 1. The third kappa shape index (κ3) is 6.51. The second kappa shape index (κ2) is 13.1.